The van der Waals surface area contributed by atoms with Crippen LogP contribution in [0.2, 0.25) is 0 Å². The van der Waals surface area contributed by atoms with Gasteiger partial charge in [0.2, 0.25) is 0 Å². The zero-order chi connectivity index (χ0) is 21.4. The molecule has 1 amide bonds. The average Bonchev–Trinajstić information content (AvgIpc) is 2.62. The maximum absolute atomic E-state index is 14.3. The topological polar surface area (TPSA) is 80.4 Å². The molecule has 2 aromatic rings. The molecule has 0 radical (unpaired) electrons. The normalized spacial score (nSPS) is 19.6. The number of rotatable bonds is 3. The standard InChI is InChI=1S/C19H18F4N4OS/c1-10-12(4-6-15(25-10)19(21,22)23)16(28)26-14-9-11(3-5-13(14)20)18(2)7-8-29-17(24)27-18/h3-6,9H,7-8H2,1-2H3,(H2,24,27)(H,26,28). The second-order valence-corrected chi connectivity index (χ2v) is 7.91. The summed E-state index contributed by atoms with van der Waals surface area (Å²) in [4.78, 5) is 20.4. The van der Waals surface area contributed by atoms with Gasteiger partial charge in [-0.05, 0) is 50.1 Å². The number of aliphatic imine (C=N–C) groups is 1. The Morgan fingerprint density at radius 1 is 1.28 bits per heavy atom. The number of nitrogens with two attached hydrogens (primary N) is 1. The number of carbonyl (C=O) groups excluding carboxylic acids is 1. The zero-order valence-corrected chi connectivity index (χ0v) is 16.4. The number of carbonyl (C=O) groups is 1. The number of hydrogen-bond donors (Lipinski definition) is 2. The van der Waals surface area contributed by atoms with Gasteiger partial charge in [0.1, 0.15) is 11.5 Å². The van der Waals surface area contributed by atoms with Gasteiger partial charge in [-0.2, -0.15) is 13.2 Å². The summed E-state index contributed by atoms with van der Waals surface area (Å²) in [5.41, 5.74) is 4.44. The summed E-state index contributed by atoms with van der Waals surface area (Å²) in [6.07, 6.45) is -3.93. The number of benzene rings is 1. The van der Waals surface area contributed by atoms with Crippen LogP contribution in [0.3, 0.4) is 0 Å². The van der Waals surface area contributed by atoms with E-state index in [0.29, 0.717) is 23.2 Å². The van der Waals surface area contributed by atoms with Gasteiger partial charge >= 0.3 is 6.18 Å². The van der Waals surface area contributed by atoms with E-state index in [1.165, 1.54) is 30.8 Å². The molecule has 5 nitrogen and oxygen atoms in total. The van der Waals surface area contributed by atoms with Crippen LogP contribution in [0.25, 0.3) is 0 Å². The van der Waals surface area contributed by atoms with Gasteiger partial charge in [0.05, 0.1) is 22.5 Å². The molecule has 0 saturated heterocycles. The highest BCUT2D eigenvalue weighted by Crippen LogP contribution is 2.36. The number of nitrogens with one attached hydrogen (secondary N) is 1. The fraction of sp³-hybridized carbons (Fsp3) is 0.316. The molecule has 3 N–H and O–H groups in total. The van der Waals surface area contributed by atoms with E-state index in [9.17, 15) is 22.4 Å². The zero-order valence-electron chi connectivity index (χ0n) is 15.6. The van der Waals surface area contributed by atoms with E-state index in [0.717, 1.165) is 11.8 Å². The number of halogens is 4. The van der Waals surface area contributed by atoms with E-state index in [-0.39, 0.29) is 16.9 Å². The minimum Gasteiger partial charge on any atom is -0.379 e. The Kier molecular flexibility index (Phi) is 5.57. The van der Waals surface area contributed by atoms with Gasteiger partial charge in [0.15, 0.2) is 5.17 Å². The number of pyridine rings is 1. The van der Waals surface area contributed by atoms with Crippen LogP contribution in [-0.4, -0.2) is 21.8 Å². The third-order valence-corrected chi connectivity index (χ3v) is 5.45. The summed E-state index contributed by atoms with van der Waals surface area (Å²) in [6, 6.07) is 5.98. The van der Waals surface area contributed by atoms with Gasteiger partial charge in [-0.25, -0.2) is 9.37 Å². The molecule has 1 atom stereocenters. The third kappa shape index (κ3) is 4.52. The molecule has 2 heterocycles. The number of aryl methyl sites for hydroxylation is 1. The summed E-state index contributed by atoms with van der Waals surface area (Å²) in [7, 11) is 0. The molecule has 29 heavy (non-hydrogen) atoms. The first-order valence-corrected chi connectivity index (χ1v) is 9.62. The Morgan fingerprint density at radius 2 is 2.00 bits per heavy atom. The van der Waals surface area contributed by atoms with Gasteiger partial charge in [-0.3, -0.25) is 9.79 Å². The molecule has 10 heteroatoms. The van der Waals surface area contributed by atoms with Crippen LogP contribution in [0.1, 0.15) is 40.7 Å². The number of amides is 1. The first-order chi connectivity index (χ1) is 13.5. The molecule has 0 aliphatic carbocycles. The first kappa shape index (κ1) is 21.1. The molecule has 154 valence electrons. The number of alkyl halides is 3. The first-order valence-electron chi connectivity index (χ1n) is 8.64. The van der Waals surface area contributed by atoms with Crippen LogP contribution in [0.4, 0.5) is 23.2 Å². The fourth-order valence-corrected chi connectivity index (χ4v) is 3.97. The number of thioether (sulfide) groups is 1. The Bertz CT molecular complexity index is 993. The highest BCUT2D eigenvalue weighted by Gasteiger charge is 2.33. The monoisotopic (exact) mass is 426 g/mol. The van der Waals surface area contributed by atoms with Crippen molar-refractivity contribution in [3.63, 3.8) is 0 Å². The molecular weight excluding hydrogens is 408 g/mol. The Hall–Kier alpha value is -2.62. The summed E-state index contributed by atoms with van der Waals surface area (Å²) in [6.45, 7) is 3.15. The molecule has 1 unspecified atom stereocenters. The van der Waals surface area contributed by atoms with Crippen LogP contribution < -0.4 is 11.1 Å². The van der Waals surface area contributed by atoms with E-state index in [2.05, 4.69) is 15.3 Å². The number of anilines is 1. The summed E-state index contributed by atoms with van der Waals surface area (Å²) in [5.74, 6) is -0.682. The minimum atomic E-state index is -4.61. The second kappa shape index (κ2) is 7.66. The molecule has 1 aromatic carbocycles. The van der Waals surface area contributed by atoms with Crippen molar-refractivity contribution in [3.8, 4) is 0 Å². The predicted octanol–water partition coefficient (Wildman–Crippen LogP) is 4.47. The number of nitrogens with zero attached hydrogens (tertiary/aromatic N) is 2. The predicted molar refractivity (Wildman–Crippen MR) is 104 cm³/mol. The molecular formula is C19H18F4N4OS. The van der Waals surface area contributed by atoms with Crippen molar-refractivity contribution >= 4 is 28.5 Å². The van der Waals surface area contributed by atoms with E-state index in [1.54, 1.807) is 6.07 Å². The molecule has 1 aliphatic heterocycles. The lowest BCUT2D eigenvalue weighted by Gasteiger charge is -2.30. The van der Waals surface area contributed by atoms with Crippen LogP contribution in [-0.2, 0) is 11.7 Å². The van der Waals surface area contributed by atoms with Crippen molar-refractivity contribution in [2.45, 2.75) is 32.0 Å². The van der Waals surface area contributed by atoms with Crippen molar-refractivity contribution in [1.29, 1.82) is 0 Å². The summed E-state index contributed by atoms with van der Waals surface area (Å²) in [5, 5.41) is 2.84. The molecule has 1 aromatic heterocycles. The largest absolute Gasteiger partial charge is 0.433 e. The molecule has 0 fully saturated rings. The maximum atomic E-state index is 14.3. The van der Waals surface area contributed by atoms with Crippen molar-refractivity contribution < 1.29 is 22.4 Å². The highest BCUT2D eigenvalue weighted by molar-refractivity contribution is 8.13. The van der Waals surface area contributed by atoms with Gasteiger partial charge in [0.25, 0.3) is 5.91 Å². The smallest absolute Gasteiger partial charge is 0.379 e. The van der Waals surface area contributed by atoms with Crippen LogP contribution in [0.15, 0.2) is 35.3 Å². The number of hydrogen-bond acceptors (Lipinski definition) is 5. The minimum absolute atomic E-state index is 0.0784. The van der Waals surface area contributed by atoms with Crippen molar-refractivity contribution in [1.82, 2.24) is 4.98 Å². The van der Waals surface area contributed by atoms with Gasteiger partial charge in [-0.15, -0.1) is 0 Å². The van der Waals surface area contributed by atoms with E-state index in [4.69, 9.17) is 5.73 Å². The van der Waals surface area contributed by atoms with Crippen LogP contribution in [0.5, 0.6) is 0 Å². The molecule has 0 bridgehead atoms. The lowest BCUT2D eigenvalue weighted by Crippen LogP contribution is -2.29. The fourth-order valence-electron chi connectivity index (χ4n) is 3.00. The highest BCUT2D eigenvalue weighted by atomic mass is 32.2. The molecule has 0 saturated carbocycles. The van der Waals surface area contributed by atoms with Crippen molar-refractivity contribution in [3.05, 3.63) is 58.7 Å². The molecule has 3 rings (SSSR count). The van der Waals surface area contributed by atoms with Gasteiger partial charge < -0.3 is 11.1 Å². The Labute approximate surface area is 168 Å². The molecule has 1 aliphatic rings. The van der Waals surface area contributed by atoms with Gasteiger partial charge in [0, 0.05) is 5.75 Å². The number of aromatic nitrogens is 1. The lowest BCUT2D eigenvalue weighted by atomic mass is 9.89. The molecule has 0 spiro atoms. The summed E-state index contributed by atoms with van der Waals surface area (Å²) >= 11 is 1.43. The van der Waals surface area contributed by atoms with Crippen LogP contribution >= 0.6 is 11.8 Å². The van der Waals surface area contributed by atoms with E-state index in [1.807, 2.05) is 6.92 Å². The average molecular weight is 426 g/mol. The lowest BCUT2D eigenvalue weighted by molar-refractivity contribution is -0.141. The van der Waals surface area contributed by atoms with Crippen molar-refractivity contribution in [2.75, 3.05) is 11.1 Å². The van der Waals surface area contributed by atoms with Crippen LogP contribution in [0, 0.1) is 12.7 Å². The number of amidine groups is 1. The third-order valence-electron chi connectivity index (χ3n) is 4.65. The van der Waals surface area contributed by atoms with Gasteiger partial charge in [-0.1, -0.05) is 17.8 Å². The SMILES string of the molecule is Cc1nc(C(F)(F)F)ccc1C(=O)Nc1cc(C2(C)CCSC(N)=N2)ccc1F. The van der Waals surface area contributed by atoms with E-state index >= 15 is 0 Å². The second-order valence-electron chi connectivity index (χ2n) is 6.80. The quantitative estimate of drug-likeness (QED) is 0.710. The van der Waals surface area contributed by atoms with Crippen molar-refractivity contribution in [2.24, 2.45) is 10.7 Å². The summed E-state index contributed by atoms with van der Waals surface area (Å²) < 4.78 is 52.5. The van der Waals surface area contributed by atoms with E-state index < -0.39 is 29.1 Å². The maximum Gasteiger partial charge on any atom is 0.433 e. The Balaban J connectivity index is 1.89. The Morgan fingerprint density at radius 3 is 2.62 bits per heavy atom.